The van der Waals surface area contributed by atoms with Crippen molar-refractivity contribution in [2.24, 2.45) is 0 Å². The molecule has 1 rings (SSSR count). The molecule has 114 valence electrons. The van der Waals surface area contributed by atoms with Crippen molar-refractivity contribution in [3.8, 4) is 0 Å². The van der Waals surface area contributed by atoms with E-state index in [1.807, 2.05) is 0 Å². The molecule has 1 atom stereocenters. The van der Waals surface area contributed by atoms with Crippen LogP contribution in [0.25, 0.3) is 0 Å². The van der Waals surface area contributed by atoms with E-state index in [1.165, 1.54) is 6.92 Å². The number of ketones is 1. The number of ether oxygens (including phenoxy) is 1. The number of nitrogens with zero attached hydrogens (tertiary/aromatic N) is 2. The topological polar surface area (TPSA) is 65.2 Å². The number of carbonyl (C=O) groups excluding carboxylic acids is 1. The van der Waals surface area contributed by atoms with Crippen molar-refractivity contribution in [2.45, 2.75) is 45.1 Å². The van der Waals surface area contributed by atoms with Crippen molar-refractivity contribution in [3.63, 3.8) is 0 Å². The maximum atomic E-state index is 12.6. The molecule has 0 aliphatic rings. The molecule has 0 saturated heterocycles. The monoisotopic (exact) mass is 298 g/mol. The van der Waals surface area contributed by atoms with Gasteiger partial charge in [0.05, 0.1) is 5.92 Å². The van der Waals surface area contributed by atoms with Crippen molar-refractivity contribution >= 4 is 5.78 Å². The fourth-order valence-corrected chi connectivity index (χ4v) is 1.44. The Morgan fingerprint density at radius 1 is 1.45 bits per heavy atom. The Balaban J connectivity index is 2.55. The molecule has 1 aromatic rings. The summed E-state index contributed by atoms with van der Waals surface area (Å²) in [7, 11) is 0. The zero-order valence-corrected chi connectivity index (χ0v) is 10.9. The van der Waals surface area contributed by atoms with Crippen LogP contribution in [-0.2, 0) is 16.1 Å². The van der Waals surface area contributed by atoms with Gasteiger partial charge in [-0.3, -0.25) is 4.79 Å². The molecule has 0 spiro atoms. The third kappa shape index (κ3) is 4.26. The van der Waals surface area contributed by atoms with Crippen LogP contribution < -0.4 is 0 Å². The van der Waals surface area contributed by atoms with E-state index >= 15 is 0 Å². The third-order valence-electron chi connectivity index (χ3n) is 2.53. The molecule has 0 N–H and O–H groups in total. The molecule has 0 aliphatic carbocycles. The molecular formula is C11H14F4N2O3. The van der Waals surface area contributed by atoms with E-state index < -0.39 is 31.5 Å². The van der Waals surface area contributed by atoms with E-state index in [1.54, 1.807) is 6.92 Å². The molecular weight excluding hydrogens is 284 g/mol. The lowest BCUT2D eigenvalue weighted by Gasteiger charge is -2.14. The number of hydrogen-bond acceptors (Lipinski definition) is 5. The molecule has 9 heteroatoms. The Hall–Kier alpha value is -1.51. The van der Waals surface area contributed by atoms with Gasteiger partial charge in [0, 0.05) is 0 Å². The van der Waals surface area contributed by atoms with Gasteiger partial charge >= 0.3 is 12.3 Å². The van der Waals surface area contributed by atoms with Gasteiger partial charge in [-0.05, 0) is 13.3 Å². The Kier molecular flexibility index (Phi) is 5.61. The first kappa shape index (κ1) is 16.5. The lowest BCUT2D eigenvalue weighted by Crippen LogP contribution is -2.32. The Labute approximate surface area is 112 Å². The van der Waals surface area contributed by atoms with Gasteiger partial charge in [-0.15, -0.1) is 0 Å². The van der Waals surface area contributed by atoms with Crippen LogP contribution in [0.15, 0.2) is 4.52 Å². The van der Waals surface area contributed by atoms with Crippen molar-refractivity contribution in [3.05, 3.63) is 11.7 Å². The van der Waals surface area contributed by atoms with Gasteiger partial charge in [0.25, 0.3) is 0 Å². The van der Waals surface area contributed by atoms with Crippen molar-refractivity contribution in [1.82, 2.24) is 10.1 Å². The minimum absolute atomic E-state index is 0.0548. The van der Waals surface area contributed by atoms with Gasteiger partial charge in [-0.1, -0.05) is 12.1 Å². The summed E-state index contributed by atoms with van der Waals surface area (Å²) < 4.78 is 58.1. The molecule has 5 nitrogen and oxygen atoms in total. The number of halogens is 4. The van der Waals surface area contributed by atoms with E-state index in [0.29, 0.717) is 6.42 Å². The Morgan fingerprint density at radius 3 is 2.60 bits per heavy atom. The normalized spacial score (nSPS) is 13.8. The summed E-state index contributed by atoms with van der Waals surface area (Å²) in [6.45, 7) is 1.16. The molecule has 1 heterocycles. The maximum Gasteiger partial charge on any atom is 0.330 e. The largest absolute Gasteiger partial charge is 0.367 e. The lowest BCUT2D eigenvalue weighted by atomic mass is 10.0. The number of carbonyl (C=O) groups is 1. The van der Waals surface area contributed by atoms with Gasteiger partial charge in [-0.25, -0.2) is 8.78 Å². The molecule has 20 heavy (non-hydrogen) atoms. The first-order valence-electron chi connectivity index (χ1n) is 5.84. The van der Waals surface area contributed by atoms with Crippen molar-refractivity contribution < 1.29 is 31.6 Å². The van der Waals surface area contributed by atoms with Crippen LogP contribution in [0.4, 0.5) is 17.6 Å². The third-order valence-corrected chi connectivity index (χ3v) is 2.53. The predicted octanol–water partition coefficient (Wildman–Crippen LogP) is 2.57. The molecule has 0 radical (unpaired) electrons. The molecule has 0 aromatic carbocycles. The second kappa shape index (κ2) is 6.78. The summed E-state index contributed by atoms with van der Waals surface area (Å²) in [4.78, 5) is 15.1. The lowest BCUT2D eigenvalue weighted by molar-refractivity contribution is -0.168. The Morgan fingerprint density at radius 2 is 2.10 bits per heavy atom. The van der Waals surface area contributed by atoms with Crippen molar-refractivity contribution in [2.75, 3.05) is 6.61 Å². The summed E-state index contributed by atoms with van der Waals surface area (Å²) in [5, 5.41) is 3.44. The maximum absolute atomic E-state index is 12.6. The molecule has 0 fully saturated rings. The van der Waals surface area contributed by atoms with Crippen molar-refractivity contribution in [1.29, 1.82) is 0 Å². The van der Waals surface area contributed by atoms with Crippen LogP contribution in [-0.4, -0.2) is 34.9 Å². The standard InChI is InChI=1S/C11H14F4N2O3/c1-3-7(6(2)18)9-16-8(17-20-9)4-19-5-11(14,15)10(12)13/h7,10H,3-5H2,1-2H3. The van der Waals surface area contributed by atoms with E-state index in [0.717, 1.165) is 0 Å². The molecule has 0 saturated carbocycles. The molecule has 1 aromatic heterocycles. The van der Waals surface area contributed by atoms with Crippen LogP contribution in [0.2, 0.25) is 0 Å². The number of alkyl halides is 4. The van der Waals surface area contributed by atoms with Crippen LogP contribution in [0.3, 0.4) is 0 Å². The first-order valence-corrected chi connectivity index (χ1v) is 5.84. The van der Waals surface area contributed by atoms with Crippen LogP contribution in [0.5, 0.6) is 0 Å². The Bertz CT molecular complexity index is 451. The average Bonchev–Trinajstić information content (AvgIpc) is 2.77. The fourth-order valence-electron chi connectivity index (χ4n) is 1.44. The SMILES string of the molecule is CCC(C(C)=O)c1nc(COCC(F)(F)C(F)F)no1. The summed E-state index contributed by atoms with van der Waals surface area (Å²) in [5.41, 5.74) is 0. The van der Waals surface area contributed by atoms with Gasteiger partial charge in [0.2, 0.25) is 5.89 Å². The second-order valence-corrected chi connectivity index (χ2v) is 4.17. The van der Waals surface area contributed by atoms with Crippen LogP contribution in [0.1, 0.15) is 37.9 Å². The zero-order chi connectivity index (χ0) is 15.3. The summed E-state index contributed by atoms with van der Waals surface area (Å²) in [6, 6.07) is 0. The number of Topliss-reactive ketones (excluding diaryl/α,β-unsaturated/α-hetero) is 1. The van der Waals surface area contributed by atoms with E-state index in [4.69, 9.17) is 4.52 Å². The van der Waals surface area contributed by atoms with E-state index in [2.05, 4.69) is 14.9 Å². The summed E-state index contributed by atoms with van der Waals surface area (Å²) in [6.07, 6.45) is -3.35. The number of aromatic nitrogens is 2. The zero-order valence-electron chi connectivity index (χ0n) is 10.9. The minimum Gasteiger partial charge on any atom is -0.367 e. The molecule has 0 amide bonds. The summed E-state index contributed by atoms with van der Waals surface area (Å²) in [5.74, 6) is -4.99. The number of hydrogen-bond donors (Lipinski definition) is 0. The van der Waals surface area contributed by atoms with Gasteiger partial charge in [0.15, 0.2) is 5.82 Å². The minimum atomic E-state index is -4.22. The molecule has 1 unspecified atom stereocenters. The van der Waals surface area contributed by atoms with Crippen LogP contribution >= 0.6 is 0 Å². The second-order valence-electron chi connectivity index (χ2n) is 4.17. The fraction of sp³-hybridized carbons (Fsp3) is 0.727. The first-order chi connectivity index (χ1) is 9.27. The quantitative estimate of drug-likeness (QED) is 0.690. The predicted molar refractivity (Wildman–Crippen MR) is 58.6 cm³/mol. The van der Waals surface area contributed by atoms with Gasteiger partial charge < -0.3 is 9.26 Å². The number of rotatable bonds is 8. The average molecular weight is 298 g/mol. The highest BCUT2D eigenvalue weighted by Crippen LogP contribution is 2.23. The highest BCUT2D eigenvalue weighted by molar-refractivity contribution is 5.82. The van der Waals surface area contributed by atoms with E-state index in [-0.39, 0.29) is 17.5 Å². The molecule has 0 bridgehead atoms. The summed E-state index contributed by atoms with van der Waals surface area (Å²) >= 11 is 0. The smallest absolute Gasteiger partial charge is 0.330 e. The van der Waals surface area contributed by atoms with Gasteiger partial charge in [0.1, 0.15) is 19.0 Å². The highest BCUT2D eigenvalue weighted by Gasteiger charge is 2.41. The van der Waals surface area contributed by atoms with E-state index in [9.17, 15) is 22.4 Å². The molecule has 0 aliphatic heterocycles. The van der Waals surface area contributed by atoms with Crippen LogP contribution in [0, 0.1) is 0 Å². The van der Waals surface area contributed by atoms with Gasteiger partial charge in [-0.2, -0.15) is 13.8 Å². The highest BCUT2D eigenvalue weighted by atomic mass is 19.3.